The van der Waals surface area contributed by atoms with E-state index < -0.39 is 157 Å². The number of esters is 1. The van der Waals surface area contributed by atoms with Gasteiger partial charge in [0.2, 0.25) is 65.0 Å². The van der Waals surface area contributed by atoms with Crippen molar-refractivity contribution in [2.24, 2.45) is 28.9 Å². The van der Waals surface area contributed by atoms with Crippen molar-refractivity contribution in [2.45, 2.75) is 197 Å². The molecule has 3 unspecified atom stereocenters. The zero-order valence-corrected chi connectivity index (χ0v) is 52.1. The second kappa shape index (κ2) is 39.6. The molecule has 1 aromatic carbocycles. The van der Waals surface area contributed by atoms with Crippen molar-refractivity contribution in [3.8, 4) is 0 Å². The van der Waals surface area contributed by atoms with Gasteiger partial charge in [-0.05, 0) is 110 Å². The smallest absolute Gasteiger partial charge is 0.306 e. The Kier molecular flexibility index (Phi) is 33.7. The van der Waals surface area contributed by atoms with Crippen molar-refractivity contribution in [3.05, 3.63) is 35.9 Å². The zero-order valence-electron chi connectivity index (χ0n) is 52.1. The lowest BCUT2D eigenvalue weighted by atomic mass is 10.00. The minimum atomic E-state index is -1.74. The standard InChI is InChI=1S/C58H98N16O15/c1-7-12-33(4)89-46(78)17-16-45(77)74-28-27-63-31-44(74)56(86)73-48(35(6)76)58(88)69-40(20-25-62)50(80)68-41-21-26-64-57(87)47(34(5)75)72-53(83)37(15-11-22-59)65-49(79)38(18-23-60)67-54(84)42(29-32(2)3)70-55(85)43(30-36-13-9-8-10-14-36)71-51(81)39(19-24-61)66-52(41)82/h8-10,13-14,32-35,37-44,47-48,63,75-76H,7,11-12,15-31,59-62H2,1-6H3,(H,64,87)(H,65,79)(H,66,82)(H,67,84)(H,68,80)(H,69,88)(H,70,85)(H,71,81)(H,72,83)(H,73,86)/t33?,34-,35?,37-,38-,39-,40-,41-,42-,43+,44?,47-,48-/m0/s1. The molecular formula is C58H98N16O15. The Hall–Kier alpha value is -7.42. The van der Waals surface area contributed by atoms with E-state index in [1.165, 1.54) is 18.7 Å². The summed E-state index contributed by atoms with van der Waals surface area (Å²) >= 11 is 0. The van der Waals surface area contributed by atoms with Crippen molar-refractivity contribution in [2.75, 3.05) is 52.4 Å². The highest BCUT2D eigenvalue weighted by Gasteiger charge is 2.39. The van der Waals surface area contributed by atoms with Crippen molar-refractivity contribution in [3.63, 3.8) is 0 Å². The normalized spacial score (nSPS) is 23.9. The Morgan fingerprint density at radius 3 is 1.80 bits per heavy atom. The maximum Gasteiger partial charge on any atom is 0.306 e. The fourth-order valence-electron chi connectivity index (χ4n) is 9.93. The van der Waals surface area contributed by atoms with E-state index in [2.05, 4.69) is 58.5 Å². The molecule has 1 aromatic rings. The first kappa shape index (κ1) is 75.8. The molecule has 500 valence electrons. The van der Waals surface area contributed by atoms with E-state index in [-0.39, 0.29) is 109 Å². The van der Waals surface area contributed by atoms with Crippen molar-refractivity contribution < 1.29 is 72.5 Å². The maximum absolute atomic E-state index is 14.6. The average molecular weight is 1260 g/mol. The molecule has 2 aliphatic heterocycles. The quantitative estimate of drug-likeness (QED) is 0.0365. The Labute approximate surface area is 519 Å². The molecule has 21 N–H and O–H groups in total. The molecule has 2 heterocycles. The van der Waals surface area contributed by atoms with E-state index in [1.54, 1.807) is 51.1 Å². The third kappa shape index (κ3) is 25.9. The first-order chi connectivity index (χ1) is 42.3. The van der Waals surface area contributed by atoms with Crippen LogP contribution in [0.2, 0.25) is 0 Å². The number of aliphatic hydroxyl groups is 2. The van der Waals surface area contributed by atoms with Gasteiger partial charge < -0.3 is 101 Å². The second-order valence-corrected chi connectivity index (χ2v) is 22.8. The Morgan fingerprint density at radius 1 is 0.652 bits per heavy atom. The predicted molar refractivity (Wildman–Crippen MR) is 325 cm³/mol. The van der Waals surface area contributed by atoms with Gasteiger partial charge in [-0.15, -0.1) is 0 Å². The molecule has 2 saturated heterocycles. The largest absolute Gasteiger partial charge is 0.463 e. The Balaban J connectivity index is 2.06. The number of nitrogens with two attached hydrogens (primary N) is 4. The van der Waals surface area contributed by atoms with Gasteiger partial charge >= 0.3 is 5.97 Å². The minimum absolute atomic E-state index is 0.0410. The Bertz CT molecular complexity index is 2510. The van der Waals surface area contributed by atoms with Crippen molar-refractivity contribution in [1.82, 2.24) is 63.4 Å². The molecule has 3 rings (SSSR count). The molecule has 31 heteroatoms. The van der Waals surface area contributed by atoms with Gasteiger partial charge in [0.15, 0.2) is 0 Å². The van der Waals surface area contributed by atoms with Gasteiger partial charge in [-0.1, -0.05) is 57.5 Å². The summed E-state index contributed by atoms with van der Waals surface area (Å²) in [5.74, 6) is -10.7. The highest BCUT2D eigenvalue weighted by atomic mass is 16.5. The molecule has 89 heavy (non-hydrogen) atoms. The van der Waals surface area contributed by atoms with Crippen LogP contribution in [0.4, 0.5) is 0 Å². The topological polar surface area (TPSA) is 494 Å². The monoisotopic (exact) mass is 1260 g/mol. The van der Waals surface area contributed by atoms with E-state index in [4.69, 9.17) is 27.7 Å². The van der Waals surface area contributed by atoms with E-state index in [0.717, 1.165) is 6.42 Å². The van der Waals surface area contributed by atoms with Crippen LogP contribution in [0.15, 0.2) is 30.3 Å². The number of hydrogen-bond donors (Lipinski definition) is 17. The molecule has 13 atom stereocenters. The fraction of sp³-hybridized carbons (Fsp3) is 0.690. The number of carbonyl (C=O) groups is 12. The highest BCUT2D eigenvalue weighted by molar-refractivity contribution is 5.99. The summed E-state index contributed by atoms with van der Waals surface area (Å²) < 4.78 is 5.36. The Morgan fingerprint density at radius 2 is 1.22 bits per heavy atom. The van der Waals surface area contributed by atoms with E-state index in [1.807, 2.05) is 6.92 Å². The minimum Gasteiger partial charge on any atom is -0.463 e. The van der Waals surface area contributed by atoms with Gasteiger partial charge in [0.1, 0.15) is 60.4 Å². The second-order valence-electron chi connectivity index (χ2n) is 22.8. The SMILES string of the molecule is CCCC(C)OC(=O)CCC(=O)N1CCNCC1C(=O)N[C@H](C(=O)N[C@@H](CCN)C(=O)N[C@H]1CCNC(=O)[C@H]([C@H](C)O)NC(=O)[C@H](CCCN)NC(=O)[C@H](CCN)NC(=O)[C@H](CC(C)C)NC(=O)[C@@H](Cc2ccccc2)NC(=O)[C@H](CCN)NC1=O)C(C)O. The van der Waals surface area contributed by atoms with E-state index in [0.29, 0.717) is 18.5 Å². The maximum atomic E-state index is 14.6. The summed E-state index contributed by atoms with van der Waals surface area (Å²) in [6.45, 7) is 9.00. The lowest BCUT2D eigenvalue weighted by molar-refractivity contribution is -0.151. The molecule has 0 aromatic heterocycles. The first-order valence-corrected chi connectivity index (χ1v) is 30.7. The number of hydrogen-bond acceptors (Lipinski definition) is 20. The number of nitrogens with one attached hydrogen (secondary N) is 11. The fourth-order valence-corrected chi connectivity index (χ4v) is 9.93. The summed E-state index contributed by atoms with van der Waals surface area (Å²) in [4.78, 5) is 169. The molecule has 0 spiro atoms. The number of amides is 11. The van der Waals surface area contributed by atoms with Crippen LogP contribution in [0.3, 0.4) is 0 Å². The third-order valence-corrected chi connectivity index (χ3v) is 14.8. The van der Waals surface area contributed by atoms with Gasteiger partial charge in [-0.2, -0.15) is 0 Å². The molecule has 2 fully saturated rings. The van der Waals surface area contributed by atoms with Crippen LogP contribution >= 0.6 is 0 Å². The lowest BCUT2D eigenvalue weighted by Gasteiger charge is -2.36. The third-order valence-electron chi connectivity index (χ3n) is 14.8. The van der Waals surface area contributed by atoms with E-state index >= 15 is 0 Å². The number of rotatable bonds is 27. The predicted octanol–water partition coefficient (Wildman–Crippen LogP) is -5.98. The van der Waals surface area contributed by atoms with Crippen LogP contribution in [0.25, 0.3) is 0 Å². The molecule has 31 nitrogen and oxygen atoms in total. The number of benzene rings is 1. The van der Waals surface area contributed by atoms with Crippen LogP contribution in [-0.4, -0.2) is 217 Å². The van der Waals surface area contributed by atoms with Gasteiger partial charge in [-0.25, -0.2) is 0 Å². The van der Waals surface area contributed by atoms with Crippen LogP contribution in [0.1, 0.15) is 118 Å². The number of piperazine rings is 1. The van der Waals surface area contributed by atoms with Crippen molar-refractivity contribution in [1.29, 1.82) is 0 Å². The van der Waals surface area contributed by atoms with Crippen LogP contribution in [-0.2, 0) is 68.7 Å². The summed E-state index contributed by atoms with van der Waals surface area (Å²) in [7, 11) is 0. The molecule has 0 aliphatic carbocycles. The zero-order chi connectivity index (χ0) is 66.3. The number of nitrogens with zero attached hydrogens (tertiary/aromatic N) is 1. The number of aliphatic hydroxyl groups excluding tert-OH is 2. The van der Waals surface area contributed by atoms with E-state index in [9.17, 15) is 67.7 Å². The molecule has 0 radical (unpaired) electrons. The first-order valence-electron chi connectivity index (χ1n) is 30.7. The molecule has 0 saturated carbocycles. The summed E-state index contributed by atoms with van der Waals surface area (Å²) in [5.41, 5.74) is 24.2. The van der Waals surface area contributed by atoms with Crippen LogP contribution < -0.4 is 81.4 Å². The number of carbonyl (C=O) groups excluding carboxylic acids is 12. The highest BCUT2D eigenvalue weighted by Crippen LogP contribution is 2.14. The van der Waals surface area contributed by atoms with Crippen molar-refractivity contribution >= 4 is 70.9 Å². The van der Waals surface area contributed by atoms with Crippen LogP contribution in [0, 0.1) is 5.92 Å². The molecular weight excluding hydrogens is 1160 g/mol. The van der Waals surface area contributed by atoms with Gasteiger partial charge in [-0.3, -0.25) is 57.5 Å². The summed E-state index contributed by atoms with van der Waals surface area (Å²) in [6, 6.07) is -6.34. The molecule has 11 amide bonds. The molecule has 0 bridgehead atoms. The van der Waals surface area contributed by atoms with Gasteiger partial charge in [0.25, 0.3) is 0 Å². The average Bonchev–Trinajstić information content (AvgIpc) is 3.70. The lowest BCUT2D eigenvalue weighted by Crippen LogP contribution is -2.64. The number of ether oxygens (including phenoxy) is 1. The summed E-state index contributed by atoms with van der Waals surface area (Å²) in [5, 5.41) is 50.4. The molecule has 2 aliphatic rings. The van der Waals surface area contributed by atoms with Gasteiger partial charge in [0.05, 0.1) is 24.7 Å². The van der Waals surface area contributed by atoms with Gasteiger partial charge in [0, 0.05) is 39.0 Å². The summed E-state index contributed by atoms with van der Waals surface area (Å²) in [6.07, 6.45) is -3.72. The van der Waals surface area contributed by atoms with Crippen LogP contribution in [0.5, 0.6) is 0 Å².